The molecule has 0 radical (unpaired) electrons. The Labute approximate surface area is 148 Å². The van der Waals surface area contributed by atoms with Gasteiger partial charge in [0, 0.05) is 31.4 Å². The summed E-state index contributed by atoms with van der Waals surface area (Å²) in [6.07, 6.45) is 4.84. The molecule has 2 aromatic rings. The Morgan fingerprint density at radius 2 is 1.96 bits per heavy atom. The summed E-state index contributed by atoms with van der Waals surface area (Å²) < 4.78 is 0. The molecule has 0 bridgehead atoms. The third-order valence-corrected chi connectivity index (χ3v) is 5.24. The van der Waals surface area contributed by atoms with Gasteiger partial charge in [-0.15, -0.1) is 0 Å². The van der Waals surface area contributed by atoms with Gasteiger partial charge in [0.15, 0.2) is 5.69 Å². The maximum Gasteiger partial charge on any atom is 0.272 e. The molecule has 1 heterocycles. The minimum absolute atomic E-state index is 0.0896. The van der Waals surface area contributed by atoms with E-state index in [-0.39, 0.29) is 11.8 Å². The third kappa shape index (κ3) is 4.00. The minimum Gasteiger partial charge on any atom is -0.350 e. The predicted molar refractivity (Wildman–Crippen MR) is 97.2 cm³/mol. The van der Waals surface area contributed by atoms with Crippen LogP contribution in [0, 0.1) is 5.92 Å². The predicted octanol–water partition coefficient (Wildman–Crippen LogP) is 2.72. The number of H-pyrrole nitrogens is 1. The first kappa shape index (κ1) is 17.5. The number of para-hydroxylation sites is 1. The smallest absolute Gasteiger partial charge is 0.272 e. The van der Waals surface area contributed by atoms with Gasteiger partial charge in [0.2, 0.25) is 5.91 Å². The van der Waals surface area contributed by atoms with E-state index < -0.39 is 0 Å². The highest BCUT2D eigenvalue weighted by molar-refractivity contribution is 6.04. The lowest BCUT2D eigenvalue weighted by Gasteiger charge is -2.33. The van der Waals surface area contributed by atoms with Gasteiger partial charge >= 0.3 is 0 Å². The largest absolute Gasteiger partial charge is 0.350 e. The zero-order valence-electron chi connectivity index (χ0n) is 14.9. The topological polar surface area (TPSA) is 78.1 Å². The standard InChI is InChI=1S/C19H26N4O2/c1-13-7-9-14(10-8-13)23(2)17(24)11-12-20-19(25)18-15-5-3-4-6-16(15)21-22-18/h3-6,13-14H,7-12H2,1-2H3,(H,20,25)(H,21,22). The first-order valence-corrected chi connectivity index (χ1v) is 9.03. The van der Waals surface area contributed by atoms with Crippen LogP contribution in [-0.4, -0.2) is 46.5 Å². The fraction of sp³-hybridized carbons (Fsp3) is 0.526. The van der Waals surface area contributed by atoms with Gasteiger partial charge in [0.1, 0.15) is 0 Å². The fourth-order valence-corrected chi connectivity index (χ4v) is 3.51. The summed E-state index contributed by atoms with van der Waals surface area (Å²) in [5, 5.41) is 10.5. The molecule has 25 heavy (non-hydrogen) atoms. The quantitative estimate of drug-likeness (QED) is 0.877. The molecular weight excluding hydrogens is 316 g/mol. The molecule has 3 rings (SSSR count). The lowest BCUT2D eigenvalue weighted by atomic mass is 9.86. The molecule has 0 atom stereocenters. The number of aromatic nitrogens is 2. The highest BCUT2D eigenvalue weighted by Crippen LogP contribution is 2.26. The van der Waals surface area contributed by atoms with Gasteiger partial charge in [-0.05, 0) is 37.7 Å². The summed E-state index contributed by atoms with van der Waals surface area (Å²) >= 11 is 0. The van der Waals surface area contributed by atoms with Crippen LogP contribution in [0.25, 0.3) is 10.9 Å². The summed E-state index contributed by atoms with van der Waals surface area (Å²) in [5.41, 5.74) is 1.20. The SMILES string of the molecule is CC1CCC(N(C)C(=O)CCNC(=O)c2n[nH]c3ccccc23)CC1. The number of fused-ring (bicyclic) bond motifs is 1. The molecule has 0 aliphatic heterocycles. The Bertz CT molecular complexity index is 747. The monoisotopic (exact) mass is 342 g/mol. The summed E-state index contributed by atoms with van der Waals surface area (Å²) in [6, 6.07) is 7.84. The summed E-state index contributed by atoms with van der Waals surface area (Å²) in [4.78, 5) is 26.5. The van der Waals surface area contributed by atoms with E-state index in [2.05, 4.69) is 22.4 Å². The molecule has 6 nitrogen and oxygen atoms in total. The van der Waals surface area contributed by atoms with Crippen molar-refractivity contribution in [2.45, 2.75) is 45.1 Å². The van der Waals surface area contributed by atoms with Crippen LogP contribution in [0.3, 0.4) is 0 Å². The molecule has 0 saturated heterocycles. The third-order valence-electron chi connectivity index (χ3n) is 5.24. The van der Waals surface area contributed by atoms with Crippen molar-refractivity contribution in [3.8, 4) is 0 Å². The van der Waals surface area contributed by atoms with Crippen molar-refractivity contribution in [1.29, 1.82) is 0 Å². The second-order valence-electron chi connectivity index (χ2n) is 7.04. The van der Waals surface area contributed by atoms with Crippen molar-refractivity contribution in [3.05, 3.63) is 30.0 Å². The Kier molecular flexibility index (Phi) is 5.36. The summed E-state index contributed by atoms with van der Waals surface area (Å²) in [6.45, 7) is 2.60. The van der Waals surface area contributed by atoms with Gasteiger partial charge in [-0.1, -0.05) is 25.1 Å². The number of carbonyl (C=O) groups is 2. The highest BCUT2D eigenvalue weighted by atomic mass is 16.2. The minimum atomic E-state index is -0.251. The molecule has 1 aliphatic carbocycles. The second kappa shape index (κ2) is 7.68. The molecule has 1 aromatic carbocycles. The van der Waals surface area contributed by atoms with E-state index in [1.807, 2.05) is 36.2 Å². The number of hydrogen-bond acceptors (Lipinski definition) is 3. The van der Waals surface area contributed by atoms with E-state index in [0.29, 0.717) is 24.7 Å². The molecule has 1 saturated carbocycles. The summed E-state index contributed by atoms with van der Waals surface area (Å²) in [5.74, 6) is 0.605. The first-order valence-electron chi connectivity index (χ1n) is 9.03. The van der Waals surface area contributed by atoms with E-state index in [4.69, 9.17) is 0 Å². The van der Waals surface area contributed by atoms with Gasteiger partial charge in [0.25, 0.3) is 5.91 Å². The Morgan fingerprint density at radius 1 is 1.24 bits per heavy atom. The Hall–Kier alpha value is -2.37. The Balaban J connectivity index is 1.49. The van der Waals surface area contributed by atoms with Crippen molar-refractivity contribution in [3.63, 3.8) is 0 Å². The molecule has 1 aliphatic rings. The van der Waals surface area contributed by atoms with E-state index in [1.54, 1.807) is 0 Å². The number of carbonyl (C=O) groups excluding carboxylic acids is 2. The van der Waals surface area contributed by atoms with Crippen molar-refractivity contribution in [2.75, 3.05) is 13.6 Å². The zero-order chi connectivity index (χ0) is 17.8. The van der Waals surface area contributed by atoms with Gasteiger partial charge in [-0.25, -0.2) is 0 Å². The molecule has 2 N–H and O–H groups in total. The van der Waals surface area contributed by atoms with Crippen LogP contribution in [0.4, 0.5) is 0 Å². The molecule has 0 spiro atoms. The molecule has 6 heteroatoms. The first-order chi connectivity index (χ1) is 12.1. The number of amides is 2. The maximum atomic E-state index is 12.4. The number of aromatic amines is 1. The van der Waals surface area contributed by atoms with Crippen molar-refractivity contribution in [1.82, 2.24) is 20.4 Å². The molecule has 0 unspecified atom stereocenters. The van der Waals surface area contributed by atoms with E-state index in [1.165, 1.54) is 12.8 Å². The van der Waals surface area contributed by atoms with Crippen LogP contribution in [0.1, 0.15) is 49.5 Å². The molecule has 134 valence electrons. The van der Waals surface area contributed by atoms with Crippen LogP contribution in [-0.2, 0) is 4.79 Å². The summed E-state index contributed by atoms with van der Waals surface area (Å²) in [7, 11) is 1.88. The average molecular weight is 342 g/mol. The van der Waals surface area contributed by atoms with E-state index in [9.17, 15) is 9.59 Å². The van der Waals surface area contributed by atoms with Gasteiger partial charge in [-0.3, -0.25) is 14.7 Å². The average Bonchev–Trinajstić information content (AvgIpc) is 3.05. The Morgan fingerprint density at radius 3 is 2.72 bits per heavy atom. The fourth-order valence-electron chi connectivity index (χ4n) is 3.51. The van der Waals surface area contributed by atoms with E-state index >= 15 is 0 Å². The van der Waals surface area contributed by atoms with Crippen LogP contribution in [0.2, 0.25) is 0 Å². The van der Waals surface area contributed by atoms with Gasteiger partial charge in [0.05, 0.1) is 5.52 Å². The lowest BCUT2D eigenvalue weighted by molar-refractivity contribution is -0.132. The number of benzene rings is 1. The molecule has 1 fully saturated rings. The molecule has 1 aromatic heterocycles. The van der Waals surface area contributed by atoms with Crippen LogP contribution < -0.4 is 5.32 Å². The van der Waals surface area contributed by atoms with Crippen molar-refractivity contribution < 1.29 is 9.59 Å². The lowest BCUT2D eigenvalue weighted by Crippen LogP contribution is -2.40. The van der Waals surface area contributed by atoms with Crippen LogP contribution in [0.5, 0.6) is 0 Å². The van der Waals surface area contributed by atoms with Crippen LogP contribution >= 0.6 is 0 Å². The normalized spacial score (nSPS) is 20.4. The van der Waals surface area contributed by atoms with Crippen molar-refractivity contribution >= 4 is 22.7 Å². The maximum absolute atomic E-state index is 12.4. The zero-order valence-corrected chi connectivity index (χ0v) is 14.9. The van der Waals surface area contributed by atoms with E-state index in [0.717, 1.165) is 29.7 Å². The second-order valence-corrected chi connectivity index (χ2v) is 7.04. The molecular formula is C19H26N4O2. The highest BCUT2D eigenvalue weighted by Gasteiger charge is 2.24. The van der Waals surface area contributed by atoms with Gasteiger partial charge < -0.3 is 10.2 Å². The number of nitrogens with zero attached hydrogens (tertiary/aromatic N) is 2. The number of nitrogens with one attached hydrogen (secondary N) is 2. The molecule has 2 amide bonds. The number of hydrogen-bond donors (Lipinski definition) is 2. The van der Waals surface area contributed by atoms with Crippen molar-refractivity contribution in [2.24, 2.45) is 5.92 Å². The number of rotatable bonds is 5. The van der Waals surface area contributed by atoms with Crippen LogP contribution in [0.15, 0.2) is 24.3 Å². The van der Waals surface area contributed by atoms with Gasteiger partial charge in [-0.2, -0.15) is 5.10 Å².